The number of methoxy groups -OCH3 is 3. The molecule has 0 aromatic heterocycles. The second kappa shape index (κ2) is 10.1. The van der Waals surface area contributed by atoms with Crippen molar-refractivity contribution >= 4 is 11.6 Å². The fourth-order valence-corrected chi connectivity index (χ4v) is 3.82. The molecule has 0 spiro atoms. The highest BCUT2D eigenvalue weighted by Gasteiger charge is 2.23. The summed E-state index contributed by atoms with van der Waals surface area (Å²) in [7, 11) is 6.62. The van der Waals surface area contributed by atoms with Crippen molar-refractivity contribution in [1.82, 2.24) is 10.6 Å². The van der Waals surface area contributed by atoms with Crippen molar-refractivity contribution in [1.29, 1.82) is 0 Å². The first-order valence-electron chi connectivity index (χ1n) is 10.2. The zero-order valence-corrected chi connectivity index (χ0v) is 18.5. The normalized spacial score (nSPS) is 14.2. The van der Waals surface area contributed by atoms with Crippen molar-refractivity contribution < 1.29 is 14.2 Å². The van der Waals surface area contributed by atoms with E-state index in [4.69, 9.17) is 14.2 Å². The third-order valence-corrected chi connectivity index (χ3v) is 5.43. The largest absolute Gasteiger partial charge is 0.493 e. The molecule has 1 heterocycles. The van der Waals surface area contributed by atoms with Crippen LogP contribution in [0.1, 0.15) is 18.1 Å². The lowest BCUT2D eigenvalue weighted by Gasteiger charge is -2.28. The molecule has 0 bridgehead atoms. The lowest BCUT2D eigenvalue weighted by atomic mass is 10.1. The van der Waals surface area contributed by atoms with Gasteiger partial charge in [0.25, 0.3) is 0 Å². The second-order valence-corrected chi connectivity index (χ2v) is 7.26. The second-order valence-electron chi connectivity index (χ2n) is 7.26. The lowest BCUT2D eigenvalue weighted by Crippen LogP contribution is -2.45. The van der Waals surface area contributed by atoms with E-state index in [1.54, 1.807) is 28.4 Å². The van der Waals surface area contributed by atoms with Gasteiger partial charge in [0.15, 0.2) is 17.5 Å². The molecule has 7 nitrogen and oxygen atoms in total. The van der Waals surface area contributed by atoms with Gasteiger partial charge in [0, 0.05) is 38.4 Å². The van der Waals surface area contributed by atoms with Crippen LogP contribution < -0.4 is 29.7 Å². The number of fused-ring (bicyclic) bond motifs is 1. The Kier molecular flexibility index (Phi) is 7.27. The van der Waals surface area contributed by atoms with Crippen LogP contribution in [0.5, 0.6) is 17.2 Å². The summed E-state index contributed by atoms with van der Waals surface area (Å²) >= 11 is 0. The van der Waals surface area contributed by atoms with E-state index in [0.29, 0.717) is 29.8 Å². The average Bonchev–Trinajstić information content (AvgIpc) is 3.22. The van der Waals surface area contributed by atoms with Crippen LogP contribution in [0.4, 0.5) is 5.69 Å². The maximum Gasteiger partial charge on any atom is 0.203 e. The molecule has 2 aromatic carbocycles. The highest BCUT2D eigenvalue weighted by molar-refractivity contribution is 5.79. The zero-order chi connectivity index (χ0) is 21.5. The van der Waals surface area contributed by atoms with Crippen molar-refractivity contribution in [2.75, 3.05) is 46.4 Å². The van der Waals surface area contributed by atoms with Crippen LogP contribution in [0, 0.1) is 0 Å². The molecule has 0 saturated carbocycles. The van der Waals surface area contributed by atoms with Gasteiger partial charge in [-0.1, -0.05) is 18.2 Å². The van der Waals surface area contributed by atoms with E-state index in [9.17, 15) is 0 Å². The predicted octanol–water partition coefficient (Wildman–Crippen LogP) is 2.83. The number of rotatable bonds is 8. The third kappa shape index (κ3) is 4.72. The summed E-state index contributed by atoms with van der Waals surface area (Å²) in [4.78, 5) is 6.81. The van der Waals surface area contributed by atoms with E-state index in [1.807, 2.05) is 12.1 Å². The van der Waals surface area contributed by atoms with Crippen molar-refractivity contribution in [2.45, 2.75) is 25.9 Å². The number of aliphatic imine (C=N–C) groups is 1. The molecule has 3 rings (SSSR count). The summed E-state index contributed by atoms with van der Waals surface area (Å²) in [6, 6.07) is 12.9. The van der Waals surface area contributed by atoms with Crippen molar-refractivity contribution in [3.8, 4) is 17.2 Å². The van der Waals surface area contributed by atoms with Crippen LogP contribution in [0.25, 0.3) is 0 Å². The van der Waals surface area contributed by atoms with Crippen molar-refractivity contribution in [2.24, 2.45) is 4.99 Å². The van der Waals surface area contributed by atoms with Gasteiger partial charge in [-0.05, 0) is 42.7 Å². The summed E-state index contributed by atoms with van der Waals surface area (Å²) in [5.74, 6) is 2.62. The number of guanidine groups is 1. The van der Waals surface area contributed by atoms with Crippen LogP contribution >= 0.6 is 0 Å². The SMILES string of the molecule is CN=C(NCc1cc(OC)c(OC)c(OC)c1)NCC(C)N1CCc2ccccc21. The van der Waals surface area contributed by atoms with E-state index < -0.39 is 0 Å². The molecule has 0 fully saturated rings. The highest BCUT2D eigenvalue weighted by Crippen LogP contribution is 2.38. The maximum atomic E-state index is 5.43. The molecule has 1 aliphatic rings. The summed E-state index contributed by atoms with van der Waals surface area (Å²) in [6.07, 6.45) is 1.11. The van der Waals surface area contributed by atoms with Crippen LogP contribution in [0.3, 0.4) is 0 Å². The monoisotopic (exact) mass is 412 g/mol. The molecule has 0 aliphatic carbocycles. The Hall–Kier alpha value is -3.09. The minimum absolute atomic E-state index is 0.355. The molecule has 0 amide bonds. The number of benzene rings is 2. The van der Waals surface area contributed by atoms with E-state index in [1.165, 1.54) is 11.3 Å². The molecule has 2 aromatic rings. The van der Waals surface area contributed by atoms with E-state index in [0.717, 1.165) is 31.0 Å². The quantitative estimate of drug-likeness (QED) is 0.513. The van der Waals surface area contributed by atoms with Gasteiger partial charge in [0.1, 0.15) is 0 Å². The first-order valence-corrected chi connectivity index (χ1v) is 10.2. The van der Waals surface area contributed by atoms with Gasteiger partial charge in [-0.25, -0.2) is 0 Å². The Balaban J connectivity index is 1.58. The molecule has 7 heteroatoms. The van der Waals surface area contributed by atoms with Gasteiger partial charge >= 0.3 is 0 Å². The highest BCUT2D eigenvalue weighted by atomic mass is 16.5. The number of para-hydroxylation sites is 1. The zero-order valence-electron chi connectivity index (χ0n) is 18.5. The molecule has 1 atom stereocenters. The van der Waals surface area contributed by atoms with Gasteiger partial charge in [0.2, 0.25) is 5.75 Å². The molecule has 0 radical (unpaired) electrons. The van der Waals surface area contributed by atoms with Gasteiger partial charge in [-0.2, -0.15) is 0 Å². The minimum Gasteiger partial charge on any atom is -0.493 e. The predicted molar refractivity (Wildman–Crippen MR) is 121 cm³/mol. The Morgan fingerprint density at radius 2 is 1.77 bits per heavy atom. The Bertz CT molecular complexity index is 859. The summed E-state index contributed by atoms with van der Waals surface area (Å²) in [5.41, 5.74) is 3.77. The first-order chi connectivity index (χ1) is 14.6. The third-order valence-electron chi connectivity index (χ3n) is 5.43. The van der Waals surface area contributed by atoms with E-state index in [-0.39, 0.29) is 0 Å². The van der Waals surface area contributed by atoms with E-state index in [2.05, 4.69) is 51.7 Å². The number of anilines is 1. The van der Waals surface area contributed by atoms with Gasteiger partial charge in [0.05, 0.1) is 21.3 Å². The summed E-state index contributed by atoms with van der Waals surface area (Å²) < 4.78 is 16.3. The van der Waals surface area contributed by atoms with Gasteiger partial charge in [-0.3, -0.25) is 4.99 Å². The molecular formula is C23H32N4O3. The summed E-state index contributed by atoms with van der Waals surface area (Å²) in [5, 5.41) is 6.80. The molecule has 0 saturated heterocycles. The topological polar surface area (TPSA) is 67.4 Å². The average molecular weight is 413 g/mol. The molecule has 1 aliphatic heterocycles. The number of nitrogens with zero attached hydrogens (tertiary/aromatic N) is 2. The number of nitrogens with one attached hydrogen (secondary N) is 2. The first kappa shape index (κ1) is 21.6. The van der Waals surface area contributed by atoms with Gasteiger partial charge < -0.3 is 29.7 Å². The Morgan fingerprint density at radius 3 is 2.40 bits per heavy atom. The smallest absolute Gasteiger partial charge is 0.203 e. The van der Waals surface area contributed by atoms with Crippen LogP contribution in [-0.2, 0) is 13.0 Å². The maximum absolute atomic E-state index is 5.43. The summed E-state index contributed by atoms with van der Waals surface area (Å²) in [6.45, 7) is 4.67. The number of hydrogen-bond donors (Lipinski definition) is 2. The van der Waals surface area contributed by atoms with Gasteiger partial charge in [-0.15, -0.1) is 0 Å². The number of ether oxygens (including phenoxy) is 3. The molecule has 30 heavy (non-hydrogen) atoms. The van der Waals surface area contributed by atoms with Crippen molar-refractivity contribution in [3.05, 3.63) is 47.5 Å². The number of hydrogen-bond acceptors (Lipinski definition) is 5. The van der Waals surface area contributed by atoms with E-state index >= 15 is 0 Å². The minimum atomic E-state index is 0.355. The van der Waals surface area contributed by atoms with Crippen molar-refractivity contribution in [3.63, 3.8) is 0 Å². The van der Waals surface area contributed by atoms with Crippen LogP contribution in [-0.4, -0.2) is 53.5 Å². The standard InChI is InChI=1S/C23H32N4O3/c1-16(27-11-10-18-8-6-7-9-19(18)27)14-25-23(24-2)26-15-17-12-20(28-3)22(30-5)21(13-17)29-4/h6-9,12-13,16H,10-11,14-15H2,1-5H3,(H2,24,25,26). The fourth-order valence-electron chi connectivity index (χ4n) is 3.82. The molecule has 1 unspecified atom stereocenters. The lowest BCUT2D eigenvalue weighted by molar-refractivity contribution is 0.323. The van der Waals surface area contributed by atoms with Crippen LogP contribution in [0.15, 0.2) is 41.4 Å². The van der Waals surface area contributed by atoms with Crippen LogP contribution in [0.2, 0.25) is 0 Å². The Morgan fingerprint density at radius 1 is 1.07 bits per heavy atom. The molecular weight excluding hydrogens is 380 g/mol. The molecule has 2 N–H and O–H groups in total. The Labute approximate surface area is 179 Å². The fraction of sp³-hybridized carbons (Fsp3) is 0.435. The molecule has 162 valence electrons.